The number of likely N-dealkylation sites (tertiary alicyclic amines) is 1. The Morgan fingerprint density at radius 3 is 2.38 bits per heavy atom. The largest absolute Gasteiger partial charge is 0.496 e. The molecule has 2 aliphatic heterocycles. The van der Waals surface area contributed by atoms with Crippen LogP contribution < -0.4 is 4.74 Å². The maximum atomic E-state index is 14.4. The molecule has 0 aromatic heterocycles. The molecule has 0 bridgehead atoms. The number of esters is 1. The van der Waals surface area contributed by atoms with Crippen molar-refractivity contribution in [1.29, 1.82) is 0 Å². The fraction of sp³-hybridized carbons (Fsp3) is 0.600. The molecule has 1 amide bonds. The van der Waals surface area contributed by atoms with E-state index in [0.29, 0.717) is 24.3 Å². The lowest BCUT2D eigenvalue weighted by atomic mass is 9.73. The van der Waals surface area contributed by atoms with Crippen molar-refractivity contribution in [3.8, 4) is 5.75 Å². The van der Waals surface area contributed by atoms with Crippen LogP contribution >= 0.6 is 0 Å². The molecule has 2 heterocycles. The van der Waals surface area contributed by atoms with Crippen molar-refractivity contribution in [3.63, 3.8) is 0 Å². The van der Waals surface area contributed by atoms with E-state index in [1.165, 1.54) is 13.2 Å². The first-order valence-corrected chi connectivity index (χ1v) is 15.7. The van der Waals surface area contributed by atoms with E-state index >= 15 is 0 Å². The highest BCUT2D eigenvalue weighted by Gasteiger charge is 2.60. The lowest BCUT2D eigenvalue weighted by Gasteiger charge is -2.36. The molecule has 4 rings (SSSR count). The smallest absolute Gasteiger partial charge is 0.416 e. The summed E-state index contributed by atoms with van der Waals surface area (Å²) in [5.41, 5.74) is 0.793. The van der Waals surface area contributed by atoms with Gasteiger partial charge in [-0.15, -0.1) is 0 Å². The standard InChI is InChI=1S/C35H46F3NO6/c1-8-43-33(41)30-28(34(4,5)6)31(45-20-22(3)25-19-23(35(36,37)38)16-17-26(25)42-7)29(24-14-10-9-13-21(24)2)39(30)32(40)27-15-11-12-18-44-27/h9-10,13-14,16-17,19,22,27-31H,8,11-12,15,18,20H2,1-7H3/t22?,27-,28+,29-,30-,31-/m0/s1. The third kappa shape index (κ3) is 7.49. The zero-order valence-electron chi connectivity index (χ0n) is 27.3. The molecule has 45 heavy (non-hydrogen) atoms. The number of amides is 1. The van der Waals surface area contributed by atoms with Crippen LogP contribution in [0, 0.1) is 18.3 Å². The molecule has 0 radical (unpaired) electrons. The second-order valence-corrected chi connectivity index (χ2v) is 13.1. The van der Waals surface area contributed by atoms with Crippen molar-refractivity contribution in [2.45, 2.75) is 97.2 Å². The summed E-state index contributed by atoms with van der Waals surface area (Å²) in [6, 6.07) is 9.47. The van der Waals surface area contributed by atoms with Crippen LogP contribution in [0.2, 0.25) is 0 Å². The van der Waals surface area contributed by atoms with Gasteiger partial charge < -0.3 is 23.8 Å². The summed E-state index contributed by atoms with van der Waals surface area (Å²) in [7, 11) is 1.42. The molecular weight excluding hydrogens is 587 g/mol. The Morgan fingerprint density at radius 1 is 1.09 bits per heavy atom. The van der Waals surface area contributed by atoms with Gasteiger partial charge in [0.05, 0.1) is 38.0 Å². The Bertz CT molecular complexity index is 1330. The molecule has 2 aromatic rings. The van der Waals surface area contributed by atoms with E-state index in [-0.39, 0.29) is 19.1 Å². The summed E-state index contributed by atoms with van der Waals surface area (Å²) in [5, 5.41) is 0. The molecular formula is C35H46F3NO6. The SMILES string of the molecule is CCOC(=O)[C@@H]1[C@@H](C(C)(C)C)[C@H](OCC(C)c2cc(C(F)(F)F)ccc2OC)[C@H](c2ccccc2C)N1C(=O)[C@@H]1CCCCO1. The zero-order chi connectivity index (χ0) is 33.1. The minimum absolute atomic E-state index is 0.0226. The van der Waals surface area contributed by atoms with Crippen molar-refractivity contribution in [2.24, 2.45) is 11.3 Å². The van der Waals surface area contributed by atoms with Crippen molar-refractivity contribution < 1.29 is 41.7 Å². The molecule has 2 fully saturated rings. The number of methoxy groups -OCH3 is 1. The van der Waals surface area contributed by atoms with E-state index in [9.17, 15) is 22.8 Å². The van der Waals surface area contributed by atoms with E-state index in [1.54, 1.807) is 18.7 Å². The van der Waals surface area contributed by atoms with Gasteiger partial charge in [0.25, 0.3) is 5.91 Å². The Labute approximate surface area is 264 Å². The quantitative estimate of drug-likeness (QED) is 0.271. The van der Waals surface area contributed by atoms with E-state index < -0.39 is 59.3 Å². The van der Waals surface area contributed by atoms with E-state index in [1.807, 2.05) is 52.0 Å². The minimum atomic E-state index is -4.52. The molecule has 7 nitrogen and oxygen atoms in total. The molecule has 1 unspecified atom stereocenters. The molecule has 0 aliphatic carbocycles. The van der Waals surface area contributed by atoms with Crippen LogP contribution in [0.1, 0.15) is 88.1 Å². The third-order valence-electron chi connectivity index (χ3n) is 8.98. The normalized spacial score (nSPS) is 24.8. The highest BCUT2D eigenvalue weighted by atomic mass is 19.4. The topological polar surface area (TPSA) is 74.3 Å². The number of nitrogens with zero attached hydrogens (tertiary/aromatic N) is 1. The Kier molecular flexibility index (Phi) is 10.9. The van der Waals surface area contributed by atoms with Crippen LogP contribution in [0.4, 0.5) is 13.2 Å². The highest BCUT2D eigenvalue weighted by molar-refractivity contribution is 5.89. The Balaban J connectivity index is 1.82. The molecule has 2 aliphatic rings. The summed E-state index contributed by atoms with van der Waals surface area (Å²) in [6.07, 6.45) is -3.66. The van der Waals surface area contributed by atoms with Crippen LogP contribution in [0.3, 0.4) is 0 Å². The number of ether oxygens (including phenoxy) is 4. The van der Waals surface area contributed by atoms with Crippen molar-refractivity contribution in [2.75, 3.05) is 26.9 Å². The summed E-state index contributed by atoms with van der Waals surface area (Å²) in [6.45, 7) is 12.1. The maximum Gasteiger partial charge on any atom is 0.416 e. The average Bonchev–Trinajstić information content (AvgIpc) is 3.35. The molecule has 0 spiro atoms. The monoisotopic (exact) mass is 633 g/mol. The van der Waals surface area contributed by atoms with Gasteiger partial charge in [0.1, 0.15) is 17.9 Å². The van der Waals surface area contributed by atoms with Gasteiger partial charge in [0, 0.05) is 18.4 Å². The van der Waals surface area contributed by atoms with Gasteiger partial charge in [-0.2, -0.15) is 13.2 Å². The van der Waals surface area contributed by atoms with Gasteiger partial charge in [0.2, 0.25) is 0 Å². The van der Waals surface area contributed by atoms with Crippen LogP contribution in [-0.2, 0) is 30.0 Å². The summed E-state index contributed by atoms with van der Waals surface area (Å²) < 4.78 is 64.7. The number of alkyl halides is 3. The third-order valence-corrected chi connectivity index (χ3v) is 8.98. The molecule has 10 heteroatoms. The van der Waals surface area contributed by atoms with Crippen LogP contribution in [-0.4, -0.2) is 62.0 Å². The van der Waals surface area contributed by atoms with Gasteiger partial charge in [-0.3, -0.25) is 4.79 Å². The lowest BCUT2D eigenvalue weighted by molar-refractivity contribution is -0.162. The fourth-order valence-electron chi connectivity index (χ4n) is 6.79. The zero-order valence-corrected chi connectivity index (χ0v) is 27.3. The van der Waals surface area contributed by atoms with E-state index in [4.69, 9.17) is 18.9 Å². The molecule has 248 valence electrons. The number of rotatable bonds is 9. The number of benzene rings is 2. The first-order valence-electron chi connectivity index (χ1n) is 15.7. The van der Waals surface area contributed by atoms with Crippen molar-refractivity contribution in [1.82, 2.24) is 4.90 Å². The number of aryl methyl sites for hydroxylation is 1. The average molecular weight is 634 g/mol. The van der Waals surface area contributed by atoms with E-state index in [0.717, 1.165) is 36.1 Å². The van der Waals surface area contributed by atoms with Crippen LogP contribution in [0.15, 0.2) is 42.5 Å². The van der Waals surface area contributed by atoms with Gasteiger partial charge in [-0.25, -0.2) is 4.79 Å². The van der Waals surface area contributed by atoms with Crippen molar-refractivity contribution in [3.05, 3.63) is 64.7 Å². The molecule has 2 aromatic carbocycles. The first-order chi connectivity index (χ1) is 21.2. The molecule has 6 atom stereocenters. The predicted octanol–water partition coefficient (Wildman–Crippen LogP) is 7.26. The molecule has 2 saturated heterocycles. The number of carbonyl (C=O) groups excluding carboxylic acids is 2. The van der Waals surface area contributed by atoms with Gasteiger partial charge >= 0.3 is 12.1 Å². The minimum Gasteiger partial charge on any atom is -0.496 e. The second kappa shape index (κ2) is 14.1. The molecule has 0 saturated carbocycles. The number of halogens is 3. The van der Waals surface area contributed by atoms with Crippen molar-refractivity contribution >= 4 is 11.9 Å². The summed E-state index contributed by atoms with van der Waals surface area (Å²) in [5.74, 6) is -1.49. The molecule has 0 N–H and O–H groups in total. The van der Waals surface area contributed by atoms with E-state index in [2.05, 4.69) is 0 Å². The first kappa shape index (κ1) is 34.8. The highest BCUT2D eigenvalue weighted by Crippen LogP contribution is 2.51. The number of carbonyl (C=O) groups is 2. The van der Waals surface area contributed by atoms with Gasteiger partial charge in [-0.05, 0) is 73.4 Å². The maximum absolute atomic E-state index is 14.4. The Morgan fingerprint density at radius 2 is 1.80 bits per heavy atom. The number of hydrogen-bond donors (Lipinski definition) is 0. The predicted molar refractivity (Wildman–Crippen MR) is 164 cm³/mol. The fourth-order valence-corrected chi connectivity index (χ4v) is 6.79. The van der Waals surface area contributed by atoms with Gasteiger partial charge in [0.15, 0.2) is 0 Å². The van der Waals surface area contributed by atoms with Gasteiger partial charge in [-0.1, -0.05) is 52.0 Å². The lowest BCUT2D eigenvalue weighted by Crippen LogP contribution is -2.51. The Hall–Kier alpha value is -3.11. The van der Waals surface area contributed by atoms with Crippen LogP contribution in [0.5, 0.6) is 5.75 Å². The summed E-state index contributed by atoms with van der Waals surface area (Å²) in [4.78, 5) is 29.9. The van der Waals surface area contributed by atoms with Crippen LogP contribution in [0.25, 0.3) is 0 Å². The summed E-state index contributed by atoms with van der Waals surface area (Å²) >= 11 is 0. The second-order valence-electron chi connectivity index (χ2n) is 13.1. The number of hydrogen-bond acceptors (Lipinski definition) is 6.